The smallest absolute Gasteiger partial charge is 0.404 e. The summed E-state index contributed by atoms with van der Waals surface area (Å²) in [5.41, 5.74) is 4.18. The molecule has 0 aliphatic rings. The molecule has 5 heteroatoms. The predicted octanol–water partition coefficient (Wildman–Crippen LogP) is 2.85. The quantitative estimate of drug-likeness (QED) is 0.772. The van der Waals surface area contributed by atoms with Crippen molar-refractivity contribution in [3.05, 3.63) is 66.0 Å². The average Bonchev–Trinajstić information content (AvgIpc) is 2.90. The first-order valence-corrected chi connectivity index (χ1v) is 6.67. The number of rotatable bonds is 4. The maximum Gasteiger partial charge on any atom is 0.404 e. The van der Waals surface area contributed by atoms with E-state index in [0.717, 1.165) is 28.7 Å². The number of fused-ring (bicyclic) bond motifs is 1. The molecule has 1 amide bonds. The molecule has 1 heterocycles. The van der Waals surface area contributed by atoms with Crippen molar-refractivity contribution in [2.24, 2.45) is 0 Å². The molecular weight excluding hydrogens is 266 g/mol. The van der Waals surface area contributed by atoms with Crippen molar-refractivity contribution in [3.8, 4) is 0 Å². The van der Waals surface area contributed by atoms with Crippen LogP contribution in [-0.2, 0) is 13.1 Å². The SMILES string of the molecule is O=C(O)NCc1ccc(Cn2cnc3ccccc32)cc1. The molecule has 0 fully saturated rings. The third kappa shape index (κ3) is 3.02. The van der Waals surface area contributed by atoms with E-state index < -0.39 is 6.09 Å². The fourth-order valence-corrected chi connectivity index (χ4v) is 2.27. The summed E-state index contributed by atoms with van der Waals surface area (Å²) < 4.78 is 2.10. The van der Waals surface area contributed by atoms with Crippen molar-refractivity contribution in [2.75, 3.05) is 0 Å². The number of carboxylic acid groups (broad SMARTS) is 1. The van der Waals surface area contributed by atoms with Gasteiger partial charge >= 0.3 is 6.09 Å². The highest BCUT2D eigenvalue weighted by Crippen LogP contribution is 2.14. The van der Waals surface area contributed by atoms with Crippen molar-refractivity contribution in [1.29, 1.82) is 0 Å². The van der Waals surface area contributed by atoms with E-state index in [4.69, 9.17) is 5.11 Å². The number of hydrogen-bond acceptors (Lipinski definition) is 2. The summed E-state index contributed by atoms with van der Waals surface area (Å²) in [7, 11) is 0. The van der Waals surface area contributed by atoms with Gasteiger partial charge in [0.1, 0.15) is 0 Å². The Morgan fingerprint density at radius 3 is 2.57 bits per heavy atom. The van der Waals surface area contributed by atoms with E-state index in [1.165, 1.54) is 0 Å². The van der Waals surface area contributed by atoms with E-state index in [-0.39, 0.29) is 0 Å². The van der Waals surface area contributed by atoms with E-state index in [9.17, 15) is 4.79 Å². The summed E-state index contributed by atoms with van der Waals surface area (Å²) in [6.45, 7) is 1.07. The Bertz CT molecular complexity index is 763. The molecule has 1 aromatic heterocycles. The minimum atomic E-state index is -1.01. The number of carbonyl (C=O) groups is 1. The molecule has 21 heavy (non-hydrogen) atoms. The Hall–Kier alpha value is -2.82. The van der Waals surface area contributed by atoms with Crippen molar-refractivity contribution < 1.29 is 9.90 Å². The van der Waals surface area contributed by atoms with Gasteiger partial charge in [0.2, 0.25) is 0 Å². The van der Waals surface area contributed by atoms with Crippen molar-refractivity contribution in [2.45, 2.75) is 13.1 Å². The Balaban J connectivity index is 1.74. The monoisotopic (exact) mass is 281 g/mol. The maximum absolute atomic E-state index is 10.5. The molecule has 2 N–H and O–H groups in total. The summed E-state index contributed by atoms with van der Waals surface area (Å²) in [6.07, 6.45) is 0.828. The molecule has 0 aliphatic carbocycles. The second-order valence-corrected chi connectivity index (χ2v) is 4.84. The highest BCUT2D eigenvalue weighted by atomic mass is 16.4. The van der Waals surface area contributed by atoms with Gasteiger partial charge in [-0.1, -0.05) is 36.4 Å². The number of nitrogens with zero attached hydrogens (tertiary/aromatic N) is 2. The highest BCUT2D eigenvalue weighted by molar-refractivity contribution is 5.75. The summed E-state index contributed by atoms with van der Waals surface area (Å²) >= 11 is 0. The summed E-state index contributed by atoms with van der Waals surface area (Å²) in [6, 6.07) is 15.9. The van der Waals surface area contributed by atoms with Gasteiger partial charge in [-0.05, 0) is 23.3 Å². The molecule has 0 saturated heterocycles. The van der Waals surface area contributed by atoms with E-state index in [2.05, 4.69) is 14.9 Å². The molecule has 0 unspecified atom stereocenters. The third-order valence-electron chi connectivity index (χ3n) is 3.35. The Labute approximate surface area is 121 Å². The molecule has 5 nitrogen and oxygen atoms in total. The average molecular weight is 281 g/mol. The predicted molar refractivity (Wildman–Crippen MR) is 80.1 cm³/mol. The number of para-hydroxylation sites is 2. The summed E-state index contributed by atoms with van der Waals surface area (Å²) in [5.74, 6) is 0. The molecule has 0 aliphatic heterocycles. The number of benzene rings is 2. The van der Waals surface area contributed by atoms with Gasteiger partial charge in [0, 0.05) is 13.1 Å². The molecule has 0 radical (unpaired) electrons. The second-order valence-electron chi connectivity index (χ2n) is 4.84. The Morgan fingerprint density at radius 2 is 1.81 bits per heavy atom. The van der Waals surface area contributed by atoms with Crippen LogP contribution >= 0.6 is 0 Å². The van der Waals surface area contributed by atoms with E-state index in [1.807, 2.05) is 54.9 Å². The van der Waals surface area contributed by atoms with Crippen LogP contribution in [0.3, 0.4) is 0 Å². The highest BCUT2D eigenvalue weighted by Gasteiger charge is 2.03. The van der Waals surface area contributed by atoms with Crippen molar-refractivity contribution >= 4 is 17.1 Å². The fourth-order valence-electron chi connectivity index (χ4n) is 2.27. The largest absolute Gasteiger partial charge is 0.465 e. The van der Waals surface area contributed by atoms with E-state index >= 15 is 0 Å². The van der Waals surface area contributed by atoms with Crippen LogP contribution in [-0.4, -0.2) is 20.8 Å². The lowest BCUT2D eigenvalue weighted by Gasteiger charge is -2.06. The lowest BCUT2D eigenvalue weighted by Crippen LogP contribution is -2.19. The van der Waals surface area contributed by atoms with Gasteiger partial charge in [-0.2, -0.15) is 0 Å². The maximum atomic E-state index is 10.5. The molecule has 0 spiro atoms. The van der Waals surface area contributed by atoms with Crippen LogP contribution in [0.15, 0.2) is 54.9 Å². The first-order chi connectivity index (χ1) is 10.2. The lowest BCUT2D eigenvalue weighted by atomic mass is 10.1. The topological polar surface area (TPSA) is 67.2 Å². The lowest BCUT2D eigenvalue weighted by molar-refractivity contribution is 0.194. The zero-order valence-corrected chi connectivity index (χ0v) is 11.4. The normalized spacial score (nSPS) is 10.7. The first-order valence-electron chi connectivity index (χ1n) is 6.67. The second kappa shape index (κ2) is 5.66. The van der Waals surface area contributed by atoms with Gasteiger partial charge in [0.15, 0.2) is 0 Å². The van der Waals surface area contributed by atoms with Crippen LogP contribution in [0, 0.1) is 0 Å². The number of hydrogen-bond donors (Lipinski definition) is 2. The van der Waals surface area contributed by atoms with Gasteiger partial charge in [-0.3, -0.25) is 0 Å². The van der Waals surface area contributed by atoms with E-state index in [0.29, 0.717) is 6.54 Å². The Kier molecular flexibility index (Phi) is 3.55. The van der Waals surface area contributed by atoms with Gasteiger partial charge in [0.25, 0.3) is 0 Å². The molecular formula is C16H15N3O2. The van der Waals surface area contributed by atoms with Crippen LogP contribution in [0.5, 0.6) is 0 Å². The molecule has 0 atom stereocenters. The van der Waals surface area contributed by atoms with Crippen molar-refractivity contribution in [3.63, 3.8) is 0 Å². The van der Waals surface area contributed by atoms with Crippen LogP contribution in [0.1, 0.15) is 11.1 Å². The zero-order valence-electron chi connectivity index (χ0n) is 11.4. The zero-order chi connectivity index (χ0) is 14.7. The standard InChI is InChI=1S/C16H15N3O2/c20-16(21)17-9-12-5-7-13(8-6-12)10-19-11-18-14-3-1-2-4-15(14)19/h1-8,11,17H,9-10H2,(H,20,21). The van der Waals surface area contributed by atoms with Crippen LogP contribution in [0.4, 0.5) is 4.79 Å². The van der Waals surface area contributed by atoms with E-state index in [1.54, 1.807) is 0 Å². The fraction of sp³-hybridized carbons (Fsp3) is 0.125. The number of aromatic nitrogens is 2. The van der Waals surface area contributed by atoms with Crippen LogP contribution in [0.2, 0.25) is 0 Å². The number of amides is 1. The molecule has 0 saturated carbocycles. The van der Waals surface area contributed by atoms with Gasteiger partial charge in [-0.25, -0.2) is 9.78 Å². The van der Waals surface area contributed by atoms with Crippen LogP contribution < -0.4 is 5.32 Å². The van der Waals surface area contributed by atoms with Gasteiger partial charge in [-0.15, -0.1) is 0 Å². The Morgan fingerprint density at radius 1 is 1.10 bits per heavy atom. The van der Waals surface area contributed by atoms with Gasteiger partial charge < -0.3 is 15.0 Å². The number of imidazole rings is 1. The van der Waals surface area contributed by atoms with Crippen molar-refractivity contribution in [1.82, 2.24) is 14.9 Å². The molecule has 0 bridgehead atoms. The minimum absolute atomic E-state index is 0.323. The van der Waals surface area contributed by atoms with Crippen LogP contribution in [0.25, 0.3) is 11.0 Å². The molecule has 2 aromatic carbocycles. The first kappa shape index (κ1) is 13.2. The number of nitrogens with one attached hydrogen (secondary N) is 1. The summed E-state index contributed by atoms with van der Waals surface area (Å²) in [4.78, 5) is 14.8. The molecule has 3 rings (SSSR count). The van der Waals surface area contributed by atoms with Gasteiger partial charge in [0.05, 0.1) is 17.4 Å². The summed E-state index contributed by atoms with van der Waals surface area (Å²) in [5, 5.41) is 10.9. The minimum Gasteiger partial charge on any atom is -0.465 e. The third-order valence-corrected chi connectivity index (χ3v) is 3.35. The molecule has 106 valence electrons. The molecule has 3 aromatic rings.